The van der Waals surface area contributed by atoms with Gasteiger partial charge in [-0.3, -0.25) is 0 Å². The van der Waals surface area contributed by atoms with Crippen LogP contribution in [0.5, 0.6) is 0 Å². The summed E-state index contributed by atoms with van der Waals surface area (Å²) in [5.74, 6) is 6.11. The maximum absolute atomic E-state index is 2.66. The Bertz CT molecular complexity index is 398. The van der Waals surface area contributed by atoms with Gasteiger partial charge in [0.15, 0.2) is 0 Å². The van der Waals surface area contributed by atoms with E-state index >= 15 is 0 Å². The molecule has 0 nitrogen and oxygen atoms in total. The maximum Gasteiger partial charge on any atom is -0.0233 e. The van der Waals surface area contributed by atoms with Crippen molar-refractivity contribution in [1.29, 1.82) is 0 Å². The lowest BCUT2D eigenvalue weighted by Crippen LogP contribution is -2.25. The molecule has 0 unspecified atom stereocenters. The smallest absolute Gasteiger partial charge is 0.0233 e. The molecule has 0 aromatic carbocycles. The topological polar surface area (TPSA) is 0 Å². The Morgan fingerprint density at radius 2 is 0.963 bits per heavy atom. The van der Waals surface area contributed by atoms with Crippen molar-refractivity contribution in [1.82, 2.24) is 0 Å². The number of rotatable bonds is 8. The van der Waals surface area contributed by atoms with E-state index in [1.165, 1.54) is 83.5 Å². The highest BCUT2D eigenvalue weighted by Gasteiger charge is 2.30. The molecule has 3 aliphatic carbocycles. The molecule has 0 aromatic rings. The highest BCUT2D eigenvalue weighted by atomic mass is 14.4. The monoisotopic (exact) mass is 372 g/mol. The zero-order chi connectivity index (χ0) is 18.9. The Morgan fingerprint density at radius 3 is 1.48 bits per heavy atom. The van der Waals surface area contributed by atoms with Crippen LogP contribution < -0.4 is 0 Å². The lowest BCUT2D eigenvalue weighted by atomic mass is 9.68. The molecule has 0 bridgehead atoms. The van der Waals surface area contributed by atoms with Crippen LogP contribution in [0.25, 0.3) is 0 Å². The Labute approximate surface area is 171 Å². The van der Waals surface area contributed by atoms with Crippen molar-refractivity contribution < 1.29 is 0 Å². The Balaban J connectivity index is 1.31. The van der Waals surface area contributed by atoms with Crippen LogP contribution in [0.1, 0.15) is 123 Å². The van der Waals surface area contributed by atoms with Gasteiger partial charge in [0.2, 0.25) is 0 Å². The van der Waals surface area contributed by atoms with Crippen molar-refractivity contribution >= 4 is 0 Å². The summed E-state index contributed by atoms with van der Waals surface area (Å²) in [5.41, 5.74) is 0. The maximum atomic E-state index is 2.66. The molecule has 3 rings (SSSR count). The van der Waals surface area contributed by atoms with E-state index in [-0.39, 0.29) is 0 Å². The van der Waals surface area contributed by atoms with E-state index in [0.29, 0.717) is 0 Å². The van der Waals surface area contributed by atoms with E-state index in [1.54, 1.807) is 25.7 Å². The molecule has 0 N–H and O–H groups in total. The summed E-state index contributed by atoms with van der Waals surface area (Å²) in [6.07, 6.45) is 30.7. The molecule has 0 radical (unpaired) electrons. The molecule has 0 atom stereocenters. The SMILES string of the molecule is CCCCC1CCC(/C=C/C2CCC(C3CCC(CCC)CC3)CC2)CC1. The molecule has 156 valence electrons. The quantitative estimate of drug-likeness (QED) is 0.373. The van der Waals surface area contributed by atoms with Gasteiger partial charge in [-0.05, 0) is 99.7 Å². The molecule has 0 aliphatic heterocycles. The van der Waals surface area contributed by atoms with Gasteiger partial charge in [0, 0.05) is 0 Å². The van der Waals surface area contributed by atoms with Gasteiger partial charge in [0.05, 0.1) is 0 Å². The van der Waals surface area contributed by atoms with Gasteiger partial charge < -0.3 is 0 Å². The average Bonchev–Trinajstić information content (AvgIpc) is 2.73. The van der Waals surface area contributed by atoms with Crippen molar-refractivity contribution in [2.45, 2.75) is 123 Å². The molecule has 0 saturated heterocycles. The first-order valence-corrected chi connectivity index (χ1v) is 13.0. The molecule has 0 aromatic heterocycles. The summed E-state index contributed by atoms with van der Waals surface area (Å²) >= 11 is 0. The molecule has 0 spiro atoms. The van der Waals surface area contributed by atoms with Crippen molar-refractivity contribution in [3.63, 3.8) is 0 Å². The summed E-state index contributed by atoms with van der Waals surface area (Å²) in [6.45, 7) is 4.69. The Kier molecular flexibility index (Phi) is 9.27. The minimum absolute atomic E-state index is 0.912. The van der Waals surface area contributed by atoms with E-state index in [4.69, 9.17) is 0 Å². The Hall–Kier alpha value is -0.260. The average molecular weight is 373 g/mol. The van der Waals surface area contributed by atoms with Gasteiger partial charge in [-0.15, -0.1) is 0 Å². The van der Waals surface area contributed by atoms with Crippen molar-refractivity contribution in [2.24, 2.45) is 35.5 Å². The fourth-order valence-electron chi connectivity index (χ4n) is 6.64. The summed E-state index contributed by atoms with van der Waals surface area (Å²) < 4.78 is 0. The van der Waals surface area contributed by atoms with Crippen molar-refractivity contribution in [3.05, 3.63) is 12.2 Å². The van der Waals surface area contributed by atoms with Crippen LogP contribution in [-0.4, -0.2) is 0 Å². The highest BCUT2D eigenvalue weighted by molar-refractivity contribution is 4.97. The number of hydrogen-bond acceptors (Lipinski definition) is 0. The van der Waals surface area contributed by atoms with Gasteiger partial charge in [-0.2, -0.15) is 0 Å². The fourth-order valence-corrected chi connectivity index (χ4v) is 6.64. The predicted molar refractivity (Wildman–Crippen MR) is 120 cm³/mol. The summed E-state index contributed by atoms with van der Waals surface area (Å²) in [7, 11) is 0. The first-order valence-electron chi connectivity index (χ1n) is 13.0. The third-order valence-corrected chi connectivity index (χ3v) is 8.58. The molecule has 3 aliphatic rings. The lowest BCUT2D eigenvalue weighted by molar-refractivity contribution is 0.152. The van der Waals surface area contributed by atoms with Gasteiger partial charge in [0.25, 0.3) is 0 Å². The lowest BCUT2D eigenvalue weighted by Gasteiger charge is -2.37. The van der Waals surface area contributed by atoms with E-state index < -0.39 is 0 Å². The fraction of sp³-hybridized carbons (Fsp3) is 0.926. The standard InChI is InChI=1S/C27H48/c1-3-5-7-23-8-10-24(11-9-23)12-13-25-16-20-27(21-17-25)26-18-14-22(6-4-2)15-19-26/h12-13,22-27H,3-11,14-21H2,1-2H3/b13-12+. The van der Waals surface area contributed by atoms with Crippen LogP contribution >= 0.6 is 0 Å². The third-order valence-electron chi connectivity index (χ3n) is 8.58. The molecule has 3 fully saturated rings. The normalized spacial score (nSPS) is 38.3. The minimum atomic E-state index is 0.912. The number of unbranched alkanes of at least 4 members (excludes halogenated alkanes) is 1. The molecule has 27 heavy (non-hydrogen) atoms. The summed E-state index contributed by atoms with van der Waals surface area (Å²) in [6, 6.07) is 0. The van der Waals surface area contributed by atoms with E-state index in [1.807, 2.05) is 0 Å². The van der Waals surface area contributed by atoms with Crippen molar-refractivity contribution in [3.8, 4) is 0 Å². The van der Waals surface area contributed by atoms with Gasteiger partial charge in [-0.25, -0.2) is 0 Å². The van der Waals surface area contributed by atoms with Crippen LogP contribution in [0, 0.1) is 35.5 Å². The van der Waals surface area contributed by atoms with Crippen molar-refractivity contribution in [2.75, 3.05) is 0 Å². The second kappa shape index (κ2) is 11.7. The van der Waals surface area contributed by atoms with Gasteiger partial charge in [-0.1, -0.05) is 70.9 Å². The molecule has 0 heteroatoms. The number of hydrogen-bond donors (Lipinski definition) is 0. The molecule has 0 heterocycles. The molecule has 3 saturated carbocycles. The van der Waals surface area contributed by atoms with Gasteiger partial charge >= 0.3 is 0 Å². The van der Waals surface area contributed by atoms with Crippen LogP contribution in [0.3, 0.4) is 0 Å². The summed E-state index contributed by atoms with van der Waals surface area (Å²) in [4.78, 5) is 0. The molecular weight excluding hydrogens is 324 g/mol. The van der Waals surface area contributed by atoms with E-state index in [9.17, 15) is 0 Å². The third kappa shape index (κ3) is 6.93. The van der Waals surface area contributed by atoms with Crippen LogP contribution in [0.2, 0.25) is 0 Å². The Morgan fingerprint density at radius 1 is 0.519 bits per heavy atom. The predicted octanol–water partition coefficient (Wildman–Crippen LogP) is 8.95. The number of allylic oxidation sites excluding steroid dienone is 2. The van der Waals surface area contributed by atoms with Crippen LogP contribution in [-0.2, 0) is 0 Å². The van der Waals surface area contributed by atoms with Crippen LogP contribution in [0.15, 0.2) is 12.2 Å². The molecule has 0 amide bonds. The zero-order valence-electron chi connectivity index (χ0n) is 18.6. The minimum Gasteiger partial charge on any atom is -0.0851 e. The van der Waals surface area contributed by atoms with Crippen LogP contribution in [0.4, 0.5) is 0 Å². The van der Waals surface area contributed by atoms with Gasteiger partial charge in [0.1, 0.15) is 0 Å². The molecular formula is C27H48. The van der Waals surface area contributed by atoms with E-state index in [0.717, 1.165) is 35.5 Å². The second-order valence-corrected chi connectivity index (χ2v) is 10.6. The first-order chi connectivity index (χ1) is 13.3. The largest absolute Gasteiger partial charge is 0.0851 e. The second-order valence-electron chi connectivity index (χ2n) is 10.6. The van der Waals surface area contributed by atoms with E-state index in [2.05, 4.69) is 26.0 Å². The first kappa shape index (κ1) is 21.4. The highest BCUT2D eigenvalue weighted by Crippen LogP contribution is 2.42. The zero-order valence-corrected chi connectivity index (χ0v) is 18.6. The summed E-state index contributed by atoms with van der Waals surface area (Å²) in [5, 5.41) is 0.